The molecule has 0 saturated carbocycles. The van der Waals surface area contributed by atoms with Crippen LogP contribution in [-0.4, -0.2) is 37.0 Å². The lowest BCUT2D eigenvalue weighted by Gasteiger charge is -2.32. The molecule has 22 heavy (non-hydrogen) atoms. The van der Waals surface area contributed by atoms with Crippen LogP contribution in [0, 0.1) is 23.4 Å². The average molecular weight is 337 g/mol. The number of nitrogens with zero attached hydrogens (tertiary/aromatic N) is 1. The van der Waals surface area contributed by atoms with Crippen LogP contribution in [0.5, 0.6) is 0 Å². The quantitative estimate of drug-likeness (QED) is 0.857. The third kappa shape index (κ3) is 4.36. The van der Waals surface area contributed by atoms with E-state index in [1.54, 1.807) is 4.90 Å². The summed E-state index contributed by atoms with van der Waals surface area (Å²) in [5.74, 6) is -4.15. The van der Waals surface area contributed by atoms with Crippen molar-refractivity contribution in [1.29, 1.82) is 0 Å². The van der Waals surface area contributed by atoms with Gasteiger partial charge in [-0.1, -0.05) is 6.92 Å². The SMILES string of the molecule is CCNCC1CCN(C(=O)c2cc(F)c(F)c(F)c2)CC1.Cl. The standard InChI is InChI=1S/C15H19F3N2O.ClH/c1-2-19-9-10-3-5-20(6-4-10)15(21)11-7-12(16)14(18)13(17)8-11;/h7-8,10,19H,2-6,9H2,1H3;1H. The lowest BCUT2D eigenvalue weighted by molar-refractivity contribution is 0.0689. The second-order valence-electron chi connectivity index (χ2n) is 5.30. The summed E-state index contributed by atoms with van der Waals surface area (Å²) >= 11 is 0. The maximum atomic E-state index is 13.2. The number of benzene rings is 1. The van der Waals surface area contributed by atoms with Crippen molar-refractivity contribution >= 4 is 18.3 Å². The molecule has 7 heteroatoms. The van der Waals surface area contributed by atoms with E-state index < -0.39 is 23.4 Å². The molecule has 1 aromatic rings. The van der Waals surface area contributed by atoms with Gasteiger partial charge in [0.15, 0.2) is 17.5 Å². The molecule has 1 aliphatic heterocycles. The Morgan fingerprint density at radius 2 is 1.77 bits per heavy atom. The Hall–Kier alpha value is -1.27. The maximum absolute atomic E-state index is 13.2. The first kappa shape index (κ1) is 18.8. The summed E-state index contributed by atoms with van der Waals surface area (Å²) in [4.78, 5) is 13.8. The van der Waals surface area contributed by atoms with Crippen molar-refractivity contribution in [3.8, 4) is 0 Å². The predicted molar refractivity (Wildman–Crippen MR) is 80.7 cm³/mol. The van der Waals surface area contributed by atoms with E-state index in [-0.39, 0.29) is 18.0 Å². The molecule has 1 saturated heterocycles. The van der Waals surface area contributed by atoms with Gasteiger partial charge in [0, 0.05) is 18.7 Å². The normalized spacial score (nSPS) is 15.5. The molecule has 1 aliphatic rings. The fourth-order valence-corrected chi connectivity index (χ4v) is 2.55. The van der Waals surface area contributed by atoms with Crippen LogP contribution in [0.3, 0.4) is 0 Å². The Kier molecular flexibility index (Phi) is 7.16. The van der Waals surface area contributed by atoms with Crippen molar-refractivity contribution in [2.45, 2.75) is 19.8 Å². The summed E-state index contributed by atoms with van der Waals surface area (Å²) < 4.78 is 39.3. The minimum Gasteiger partial charge on any atom is -0.339 e. The Labute approximate surface area is 134 Å². The van der Waals surface area contributed by atoms with Crippen LogP contribution in [0.1, 0.15) is 30.1 Å². The van der Waals surface area contributed by atoms with Gasteiger partial charge in [-0.05, 0) is 44.0 Å². The average Bonchev–Trinajstić information content (AvgIpc) is 2.50. The van der Waals surface area contributed by atoms with Gasteiger partial charge in [0.05, 0.1) is 0 Å². The molecular formula is C15H20ClF3N2O. The lowest BCUT2D eigenvalue weighted by Crippen LogP contribution is -2.40. The molecule has 1 amide bonds. The molecular weight excluding hydrogens is 317 g/mol. The van der Waals surface area contributed by atoms with Gasteiger partial charge in [-0.15, -0.1) is 12.4 Å². The van der Waals surface area contributed by atoms with E-state index in [0.717, 1.165) is 38.1 Å². The highest BCUT2D eigenvalue weighted by Crippen LogP contribution is 2.20. The van der Waals surface area contributed by atoms with Crippen molar-refractivity contribution in [1.82, 2.24) is 10.2 Å². The summed E-state index contributed by atoms with van der Waals surface area (Å²) in [5, 5.41) is 3.27. The van der Waals surface area contributed by atoms with E-state index in [9.17, 15) is 18.0 Å². The van der Waals surface area contributed by atoms with Gasteiger partial charge in [0.2, 0.25) is 0 Å². The first-order valence-corrected chi connectivity index (χ1v) is 7.17. The molecule has 1 aromatic carbocycles. The largest absolute Gasteiger partial charge is 0.339 e. The summed E-state index contributed by atoms with van der Waals surface area (Å²) in [6, 6.07) is 1.51. The van der Waals surface area contributed by atoms with Crippen molar-refractivity contribution in [3.05, 3.63) is 35.1 Å². The van der Waals surface area contributed by atoms with Gasteiger partial charge in [-0.25, -0.2) is 13.2 Å². The molecule has 1 heterocycles. The highest BCUT2D eigenvalue weighted by Gasteiger charge is 2.25. The van der Waals surface area contributed by atoms with Gasteiger partial charge < -0.3 is 10.2 Å². The van der Waals surface area contributed by atoms with Gasteiger partial charge in [0.25, 0.3) is 5.91 Å². The molecule has 3 nitrogen and oxygen atoms in total. The third-order valence-electron chi connectivity index (χ3n) is 3.82. The summed E-state index contributed by atoms with van der Waals surface area (Å²) in [6.45, 7) is 4.97. The zero-order valence-corrected chi connectivity index (χ0v) is 13.2. The maximum Gasteiger partial charge on any atom is 0.254 e. The summed E-state index contributed by atoms with van der Waals surface area (Å²) in [6.07, 6.45) is 1.70. The van der Waals surface area contributed by atoms with Crippen LogP contribution in [-0.2, 0) is 0 Å². The molecule has 0 radical (unpaired) electrons. The van der Waals surface area contributed by atoms with Crippen molar-refractivity contribution in [2.24, 2.45) is 5.92 Å². The molecule has 0 unspecified atom stereocenters. The Bertz CT molecular complexity index is 497. The van der Waals surface area contributed by atoms with Crippen LogP contribution in [0.4, 0.5) is 13.2 Å². The predicted octanol–water partition coefficient (Wildman–Crippen LogP) is 2.99. The van der Waals surface area contributed by atoms with Gasteiger partial charge in [0.1, 0.15) is 0 Å². The summed E-state index contributed by atoms with van der Waals surface area (Å²) in [7, 11) is 0. The van der Waals surface area contributed by atoms with Gasteiger partial charge >= 0.3 is 0 Å². The van der Waals surface area contributed by atoms with E-state index in [0.29, 0.717) is 19.0 Å². The molecule has 2 rings (SSSR count). The number of halogens is 4. The van der Waals surface area contributed by atoms with Gasteiger partial charge in [-0.3, -0.25) is 4.79 Å². The minimum atomic E-state index is -1.55. The third-order valence-corrected chi connectivity index (χ3v) is 3.82. The Morgan fingerprint density at radius 1 is 1.23 bits per heavy atom. The van der Waals surface area contributed by atoms with E-state index in [1.165, 1.54) is 0 Å². The van der Waals surface area contributed by atoms with Crippen molar-refractivity contribution in [3.63, 3.8) is 0 Å². The zero-order chi connectivity index (χ0) is 15.4. The van der Waals surface area contributed by atoms with Crippen LogP contribution in [0.2, 0.25) is 0 Å². The van der Waals surface area contributed by atoms with Crippen molar-refractivity contribution < 1.29 is 18.0 Å². The number of carbonyl (C=O) groups is 1. The number of amides is 1. The second-order valence-corrected chi connectivity index (χ2v) is 5.30. The fourth-order valence-electron chi connectivity index (χ4n) is 2.55. The number of likely N-dealkylation sites (tertiary alicyclic amines) is 1. The molecule has 0 atom stereocenters. The molecule has 1 fully saturated rings. The molecule has 1 N–H and O–H groups in total. The van der Waals surface area contributed by atoms with Crippen LogP contribution in [0.15, 0.2) is 12.1 Å². The van der Waals surface area contributed by atoms with Crippen LogP contribution in [0.25, 0.3) is 0 Å². The van der Waals surface area contributed by atoms with E-state index in [2.05, 4.69) is 5.32 Å². The van der Waals surface area contributed by atoms with Crippen LogP contribution >= 0.6 is 12.4 Å². The molecule has 0 aliphatic carbocycles. The minimum absolute atomic E-state index is 0. The number of nitrogens with one attached hydrogen (secondary N) is 1. The highest BCUT2D eigenvalue weighted by molar-refractivity contribution is 5.94. The van der Waals surface area contributed by atoms with E-state index >= 15 is 0 Å². The topological polar surface area (TPSA) is 32.3 Å². The molecule has 0 bridgehead atoms. The number of rotatable bonds is 4. The number of carbonyl (C=O) groups excluding carboxylic acids is 1. The highest BCUT2D eigenvalue weighted by atomic mass is 35.5. The second kappa shape index (κ2) is 8.39. The number of hydrogen-bond acceptors (Lipinski definition) is 2. The van der Waals surface area contributed by atoms with Crippen molar-refractivity contribution in [2.75, 3.05) is 26.2 Å². The van der Waals surface area contributed by atoms with Crippen LogP contribution < -0.4 is 5.32 Å². The fraction of sp³-hybridized carbons (Fsp3) is 0.533. The van der Waals surface area contributed by atoms with Gasteiger partial charge in [-0.2, -0.15) is 0 Å². The smallest absolute Gasteiger partial charge is 0.254 e. The number of hydrogen-bond donors (Lipinski definition) is 1. The Balaban J connectivity index is 0.00000242. The molecule has 124 valence electrons. The lowest BCUT2D eigenvalue weighted by atomic mass is 9.96. The molecule has 0 spiro atoms. The monoisotopic (exact) mass is 336 g/mol. The number of piperidine rings is 1. The first-order valence-electron chi connectivity index (χ1n) is 7.17. The van der Waals surface area contributed by atoms with E-state index in [4.69, 9.17) is 0 Å². The summed E-state index contributed by atoms with van der Waals surface area (Å²) in [5.41, 5.74) is -0.142. The Morgan fingerprint density at radius 3 is 2.27 bits per heavy atom. The molecule has 0 aromatic heterocycles. The zero-order valence-electron chi connectivity index (χ0n) is 12.4. The van der Waals surface area contributed by atoms with E-state index in [1.807, 2.05) is 6.92 Å². The first-order chi connectivity index (χ1) is 10.0.